The third kappa shape index (κ3) is 4.93. The number of hydrogen-bond donors (Lipinski definition) is 3. The van der Waals surface area contributed by atoms with Gasteiger partial charge in [0.05, 0.1) is 0 Å². The SMILES string of the molecule is CCCCCC(I)C(I)(I)C(O)(O)O. The standard InChI is InChI=1S/C8H15I3O3/c1-2-3-4-5-6(9)7(10,11)8(12,13)14/h6,12-14H,2-5H2,1H3. The molecule has 3 nitrogen and oxygen atoms in total. The number of alkyl halides is 3. The highest BCUT2D eigenvalue weighted by Gasteiger charge is 2.49. The highest BCUT2D eigenvalue weighted by molar-refractivity contribution is 14.2. The van der Waals surface area contributed by atoms with Crippen LogP contribution in [0.4, 0.5) is 0 Å². The lowest BCUT2D eigenvalue weighted by molar-refractivity contribution is -0.309. The van der Waals surface area contributed by atoms with Crippen LogP contribution in [0.3, 0.4) is 0 Å². The van der Waals surface area contributed by atoms with E-state index in [1.807, 2.05) is 45.2 Å². The molecule has 6 heteroatoms. The smallest absolute Gasteiger partial charge is 0.301 e. The van der Waals surface area contributed by atoms with Crippen LogP contribution in [-0.4, -0.2) is 26.6 Å². The van der Waals surface area contributed by atoms with Gasteiger partial charge < -0.3 is 15.3 Å². The number of halogens is 3. The molecule has 0 spiro atoms. The van der Waals surface area contributed by atoms with E-state index in [0.717, 1.165) is 25.7 Å². The van der Waals surface area contributed by atoms with Crippen molar-refractivity contribution in [3.8, 4) is 0 Å². The summed E-state index contributed by atoms with van der Waals surface area (Å²) in [5.41, 5.74) is 0. The molecule has 1 atom stereocenters. The summed E-state index contributed by atoms with van der Waals surface area (Å²) in [7, 11) is 0. The molecule has 0 radical (unpaired) electrons. The summed E-state index contributed by atoms with van der Waals surface area (Å²) < 4.78 is -0.940. The van der Waals surface area contributed by atoms with Crippen molar-refractivity contribution in [2.24, 2.45) is 0 Å². The average molecular weight is 540 g/mol. The van der Waals surface area contributed by atoms with Crippen molar-refractivity contribution in [2.75, 3.05) is 0 Å². The van der Waals surface area contributed by atoms with Crippen molar-refractivity contribution in [2.45, 2.75) is 43.9 Å². The summed E-state index contributed by atoms with van der Waals surface area (Å²) in [6.07, 6.45) is 4.21. The predicted molar refractivity (Wildman–Crippen MR) is 82.1 cm³/mol. The zero-order valence-electron chi connectivity index (χ0n) is 7.88. The van der Waals surface area contributed by atoms with E-state index in [-0.39, 0.29) is 3.92 Å². The Morgan fingerprint density at radius 1 is 1.14 bits per heavy atom. The number of rotatable bonds is 6. The summed E-state index contributed by atoms with van der Waals surface area (Å²) in [5.74, 6) is -2.62. The fourth-order valence-corrected chi connectivity index (χ4v) is 2.45. The molecular formula is C8H15I3O3. The Bertz CT molecular complexity index is 168. The van der Waals surface area contributed by atoms with Crippen LogP contribution < -0.4 is 0 Å². The normalized spacial score (nSPS) is 15.6. The molecule has 1 unspecified atom stereocenters. The molecule has 0 bridgehead atoms. The maximum absolute atomic E-state index is 9.16. The summed E-state index contributed by atoms with van der Waals surface area (Å²) in [4.78, 5) is 0. The van der Waals surface area contributed by atoms with Crippen molar-refractivity contribution < 1.29 is 15.3 Å². The molecule has 0 fully saturated rings. The van der Waals surface area contributed by atoms with E-state index in [4.69, 9.17) is 15.3 Å². The van der Waals surface area contributed by atoms with Crippen LogP contribution in [-0.2, 0) is 0 Å². The van der Waals surface area contributed by atoms with Gasteiger partial charge in [-0.3, -0.25) is 0 Å². The fraction of sp³-hybridized carbons (Fsp3) is 1.00. The molecule has 0 rings (SSSR count). The van der Waals surface area contributed by atoms with Gasteiger partial charge in [0.15, 0.2) is 1.43 Å². The second-order valence-electron chi connectivity index (χ2n) is 3.22. The third-order valence-corrected chi connectivity index (χ3v) is 8.79. The topological polar surface area (TPSA) is 60.7 Å². The first kappa shape index (κ1) is 16.1. The number of aliphatic hydroxyl groups is 3. The molecule has 0 aliphatic heterocycles. The van der Waals surface area contributed by atoms with Crippen LogP contribution in [0.1, 0.15) is 32.6 Å². The molecule has 14 heavy (non-hydrogen) atoms. The molecule has 0 aliphatic carbocycles. The molecule has 0 aromatic heterocycles. The summed E-state index contributed by atoms with van der Waals surface area (Å²) in [5, 5.41) is 27.5. The molecule has 0 saturated carbocycles. The summed E-state index contributed by atoms with van der Waals surface area (Å²) >= 11 is 5.93. The third-order valence-electron chi connectivity index (χ3n) is 1.90. The van der Waals surface area contributed by atoms with E-state index in [0.29, 0.717) is 0 Å². The van der Waals surface area contributed by atoms with E-state index >= 15 is 0 Å². The van der Waals surface area contributed by atoms with Crippen molar-refractivity contribution >= 4 is 67.8 Å². The lowest BCUT2D eigenvalue weighted by Crippen LogP contribution is -2.50. The fourth-order valence-electron chi connectivity index (χ4n) is 0.965. The quantitative estimate of drug-likeness (QED) is 0.210. The van der Waals surface area contributed by atoms with E-state index in [9.17, 15) is 0 Å². The Balaban J connectivity index is 4.15. The Labute approximate surface area is 125 Å². The predicted octanol–water partition coefficient (Wildman–Crippen LogP) is 2.57. The maximum Gasteiger partial charge on any atom is 0.301 e. The van der Waals surface area contributed by atoms with Crippen LogP contribution in [0.25, 0.3) is 0 Å². The molecule has 0 saturated heterocycles. The van der Waals surface area contributed by atoms with Crippen molar-refractivity contribution in [1.29, 1.82) is 0 Å². The van der Waals surface area contributed by atoms with Gasteiger partial charge in [0.2, 0.25) is 0 Å². The monoisotopic (exact) mass is 540 g/mol. The number of unbranched alkanes of at least 4 members (excludes halogenated alkanes) is 2. The highest BCUT2D eigenvalue weighted by atomic mass is 127. The van der Waals surface area contributed by atoms with Gasteiger partial charge in [-0.05, 0) is 6.42 Å². The van der Waals surface area contributed by atoms with Gasteiger partial charge >= 0.3 is 5.97 Å². The van der Waals surface area contributed by atoms with Gasteiger partial charge in [0, 0.05) is 3.92 Å². The molecule has 0 aromatic rings. The molecule has 0 aromatic carbocycles. The van der Waals surface area contributed by atoms with Crippen LogP contribution in [0.5, 0.6) is 0 Å². The minimum absolute atomic E-state index is 0.0212. The van der Waals surface area contributed by atoms with E-state index in [1.54, 1.807) is 0 Å². The molecule has 3 N–H and O–H groups in total. The first-order chi connectivity index (χ1) is 6.23. The van der Waals surface area contributed by atoms with E-state index < -0.39 is 7.40 Å². The highest BCUT2D eigenvalue weighted by Crippen LogP contribution is 2.44. The van der Waals surface area contributed by atoms with E-state index in [2.05, 4.69) is 29.5 Å². The average Bonchev–Trinajstić information content (AvgIpc) is 2.02. The Morgan fingerprint density at radius 3 is 2.00 bits per heavy atom. The Kier molecular flexibility index (Phi) is 7.71. The summed E-state index contributed by atoms with van der Waals surface area (Å²) in [6.45, 7) is 2.12. The second kappa shape index (κ2) is 6.72. The lowest BCUT2D eigenvalue weighted by atomic mass is 10.1. The minimum atomic E-state index is -2.62. The molecule has 0 amide bonds. The summed E-state index contributed by atoms with van der Waals surface area (Å²) in [6, 6.07) is 0. The van der Waals surface area contributed by atoms with Crippen LogP contribution in [0.15, 0.2) is 0 Å². The van der Waals surface area contributed by atoms with Crippen molar-refractivity contribution in [1.82, 2.24) is 0 Å². The molecule has 0 heterocycles. The van der Waals surface area contributed by atoms with Gasteiger partial charge in [-0.25, -0.2) is 0 Å². The van der Waals surface area contributed by atoms with Gasteiger partial charge in [-0.2, -0.15) is 0 Å². The van der Waals surface area contributed by atoms with Crippen LogP contribution >= 0.6 is 67.8 Å². The zero-order valence-corrected chi connectivity index (χ0v) is 14.4. The van der Waals surface area contributed by atoms with Gasteiger partial charge in [0.25, 0.3) is 0 Å². The van der Waals surface area contributed by atoms with Gasteiger partial charge in [0.1, 0.15) is 0 Å². The minimum Gasteiger partial charge on any atom is -0.342 e. The van der Waals surface area contributed by atoms with Crippen LogP contribution in [0, 0.1) is 0 Å². The first-order valence-corrected chi connectivity index (χ1v) is 7.82. The second-order valence-corrected chi connectivity index (χ2v) is 10.2. The van der Waals surface area contributed by atoms with E-state index in [1.165, 1.54) is 0 Å². The van der Waals surface area contributed by atoms with Crippen LogP contribution in [0.2, 0.25) is 0 Å². The Morgan fingerprint density at radius 2 is 1.64 bits per heavy atom. The zero-order chi connectivity index (χ0) is 11.4. The van der Waals surface area contributed by atoms with Crippen molar-refractivity contribution in [3.05, 3.63) is 0 Å². The Hall–Kier alpha value is 2.07. The van der Waals surface area contributed by atoms with Gasteiger partial charge in [-0.1, -0.05) is 94.0 Å². The molecule has 0 aliphatic rings. The number of hydrogen-bond acceptors (Lipinski definition) is 3. The lowest BCUT2D eigenvalue weighted by Gasteiger charge is -2.33. The maximum atomic E-state index is 9.16. The van der Waals surface area contributed by atoms with Crippen molar-refractivity contribution in [3.63, 3.8) is 0 Å². The first-order valence-electron chi connectivity index (χ1n) is 4.42. The molecule has 86 valence electrons. The largest absolute Gasteiger partial charge is 0.342 e. The van der Waals surface area contributed by atoms with Gasteiger partial charge in [-0.15, -0.1) is 0 Å². The molecular weight excluding hydrogens is 525 g/mol.